The van der Waals surface area contributed by atoms with Gasteiger partial charge in [0.05, 0.1) is 12.2 Å². The lowest BCUT2D eigenvalue weighted by atomic mass is 9.79. The molecule has 3 aliphatic rings. The molecule has 1 saturated heterocycles. The first-order valence-corrected chi connectivity index (χ1v) is 5.61. The molecule has 3 rings (SSSR count). The molecule has 14 heavy (non-hydrogen) atoms. The monoisotopic (exact) mass is 190 g/mol. The van der Waals surface area contributed by atoms with Crippen LogP contribution in [0.3, 0.4) is 0 Å². The van der Waals surface area contributed by atoms with E-state index in [2.05, 4.69) is 18.2 Å². The van der Waals surface area contributed by atoms with Crippen LogP contribution in [0, 0.1) is 0 Å². The lowest BCUT2D eigenvalue weighted by Crippen LogP contribution is -2.25. The molecular weight excluding hydrogens is 175 g/mol. The van der Waals surface area contributed by atoms with Gasteiger partial charge in [0.15, 0.2) is 0 Å². The van der Waals surface area contributed by atoms with Crippen molar-refractivity contribution in [3.63, 3.8) is 0 Å². The van der Waals surface area contributed by atoms with Gasteiger partial charge in [0.2, 0.25) is 0 Å². The topological polar surface area (TPSA) is 18.5 Å². The third kappa shape index (κ3) is 1.45. The molecule has 0 bridgehead atoms. The first-order valence-electron chi connectivity index (χ1n) is 5.61. The van der Waals surface area contributed by atoms with Gasteiger partial charge >= 0.3 is 7.12 Å². The Morgan fingerprint density at radius 1 is 1.14 bits per heavy atom. The first kappa shape index (κ1) is 8.75. The molecule has 1 aliphatic heterocycles. The molecule has 0 aromatic heterocycles. The minimum absolute atomic E-state index is 0.0677. The van der Waals surface area contributed by atoms with E-state index in [9.17, 15) is 0 Å². The zero-order valence-electron chi connectivity index (χ0n) is 8.32. The van der Waals surface area contributed by atoms with Gasteiger partial charge < -0.3 is 9.31 Å². The van der Waals surface area contributed by atoms with E-state index >= 15 is 0 Å². The maximum Gasteiger partial charge on any atom is 0.494 e. The van der Waals surface area contributed by atoms with Gasteiger partial charge in [-0.1, -0.05) is 31.1 Å². The number of hydrogen-bond acceptors (Lipinski definition) is 2. The molecule has 0 amide bonds. The smallest absolute Gasteiger partial charge is 0.402 e. The summed E-state index contributed by atoms with van der Waals surface area (Å²) in [6.45, 7) is 0. The number of allylic oxidation sites excluding steroid dienone is 4. The molecule has 0 aromatic carbocycles. The quantitative estimate of drug-likeness (QED) is 0.590. The Morgan fingerprint density at radius 3 is 2.43 bits per heavy atom. The molecule has 2 fully saturated rings. The molecule has 0 radical (unpaired) electrons. The summed E-state index contributed by atoms with van der Waals surface area (Å²) in [4.78, 5) is 0. The van der Waals surface area contributed by atoms with Crippen LogP contribution in [-0.2, 0) is 9.31 Å². The number of hydrogen-bond donors (Lipinski definition) is 0. The summed E-state index contributed by atoms with van der Waals surface area (Å²) in [5, 5.41) is 0. The Morgan fingerprint density at radius 2 is 1.86 bits per heavy atom. The fourth-order valence-corrected chi connectivity index (χ4v) is 2.53. The van der Waals surface area contributed by atoms with Crippen molar-refractivity contribution in [3.05, 3.63) is 23.7 Å². The predicted octanol–water partition coefficient (Wildman–Crippen LogP) is 2.26. The molecule has 1 saturated carbocycles. The Hall–Kier alpha value is -0.535. The Kier molecular flexibility index (Phi) is 2.22. The largest absolute Gasteiger partial charge is 0.494 e. The van der Waals surface area contributed by atoms with Crippen molar-refractivity contribution in [2.75, 3.05) is 0 Å². The Labute approximate surface area is 85.1 Å². The van der Waals surface area contributed by atoms with E-state index in [1.807, 2.05) is 0 Å². The molecule has 3 heteroatoms. The van der Waals surface area contributed by atoms with Crippen LogP contribution < -0.4 is 0 Å². The van der Waals surface area contributed by atoms with Gasteiger partial charge in [-0.2, -0.15) is 0 Å². The summed E-state index contributed by atoms with van der Waals surface area (Å²) < 4.78 is 11.8. The molecule has 0 spiro atoms. The second-order valence-corrected chi connectivity index (χ2v) is 4.31. The summed E-state index contributed by atoms with van der Waals surface area (Å²) in [7, 11) is -0.0677. The van der Waals surface area contributed by atoms with Crippen molar-refractivity contribution in [1.29, 1.82) is 0 Å². The summed E-state index contributed by atoms with van der Waals surface area (Å²) in [6, 6.07) is 0. The molecular formula is C11H15BO2. The van der Waals surface area contributed by atoms with Crippen molar-refractivity contribution in [2.45, 2.75) is 44.3 Å². The normalized spacial score (nSPS) is 36.0. The molecule has 0 aromatic rings. The van der Waals surface area contributed by atoms with Crippen molar-refractivity contribution in [1.82, 2.24) is 0 Å². The van der Waals surface area contributed by atoms with Crippen LogP contribution in [0.5, 0.6) is 0 Å². The fraction of sp³-hybridized carbons (Fsp3) is 0.636. The van der Waals surface area contributed by atoms with Crippen LogP contribution in [-0.4, -0.2) is 19.3 Å². The molecule has 0 N–H and O–H groups in total. The van der Waals surface area contributed by atoms with Crippen molar-refractivity contribution < 1.29 is 9.31 Å². The van der Waals surface area contributed by atoms with Crippen LogP contribution in [0.15, 0.2) is 23.7 Å². The van der Waals surface area contributed by atoms with Crippen LogP contribution in [0.1, 0.15) is 32.1 Å². The van der Waals surface area contributed by atoms with Crippen LogP contribution in [0.2, 0.25) is 0 Å². The number of rotatable bonds is 1. The second kappa shape index (κ2) is 3.56. The standard InChI is InChI=1S/C11H15BO2/c1-2-6-9(5-1)12-13-10-7-3-4-8-11(10)14-12/h1,5-6,10-11H,2-4,7-8H2/t10-,11-/m0/s1. The van der Waals surface area contributed by atoms with Crippen LogP contribution >= 0.6 is 0 Å². The highest BCUT2D eigenvalue weighted by molar-refractivity contribution is 6.55. The van der Waals surface area contributed by atoms with Crippen LogP contribution in [0.4, 0.5) is 0 Å². The third-order valence-corrected chi connectivity index (χ3v) is 3.31. The van der Waals surface area contributed by atoms with Crippen LogP contribution in [0.25, 0.3) is 0 Å². The Balaban J connectivity index is 1.70. The highest BCUT2D eigenvalue weighted by atomic mass is 16.7. The lowest BCUT2D eigenvalue weighted by molar-refractivity contribution is 0.110. The fourth-order valence-electron chi connectivity index (χ4n) is 2.53. The van der Waals surface area contributed by atoms with Gasteiger partial charge in [-0.15, -0.1) is 0 Å². The van der Waals surface area contributed by atoms with E-state index in [0.29, 0.717) is 12.2 Å². The minimum Gasteiger partial charge on any atom is -0.402 e. The second-order valence-electron chi connectivity index (χ2n) is 4.31. The van der Waals surface area contributed by atoms with Gasteiger partial charge in [-0.05, 0) is 24.7 Å². The summed E-state index contributed by atoms with van der Waals surface area (Å²) in [6.07, 6.45) is 13.2. The summed E-state index contributed by atoms with van der Waals surface area (Å²) >= 11 is 0. The van der Waals surface area contributed by atoms with Crippen molar-refractivity contribution in [2.24, 2.45) is 0 Å². The summed E-state index contributed by atoms with van der Waals surface area (Å²) in [5.74, 6) is 0. The molecule has 2 atom stereocenters. The maximum absolute atomic E-state index is 5.91. The lowest BCUT2D eigenvalue weighted by Gasteiger charge is -2.22. The maximum atomic E-state index is 5.91. The van der Waals surface area contributed by atoms with E-state index in [4.69, 9.17) is 9.31 Å². The predicted molar refractivity (Wildman–Crippen MR) is 55.8 cm³/mol. The highest BCUT2D eigenvalue weighted by Gasteiger charge is 2.42. The minimum atomic E-state index is -0.0677. The van der Waals surface area contributed by atoms with Gasteiger partial charge in [-0.3, -0.25) is 0 Å². The average molecular weight is 190 g/mol. The number of fused-ring (bicyclic) bond motifs is 1. The first-order chi connectivity index (χ1) is 6.93. The van der Waals surface area contributed by atoms with E-state index in [0.717, 1.165) is 6.42 Å². The molecule has 2 nitrogen and oxygen atoms in total. The van der Waals surface area contributed by atoms with Gasteiger partial charge in [0.1, 0.15) is 0 Å². The molecule has 74 valence electrons. The van der Waals surface area contributed by atoms with Gasteiger partial charge in [0, 0.05) is 0 Å². The molecule has 0 unspecified atom stereocenters. The van der Waals surface area contributed by atoms with Crippen molar-refractivity contribution >= 4 is 7.12 Å². The zero-order valence-corrected chi connectivity index (χ0v) is 8.32. The van der Waals surface area contributed by atoms with E-state index in [-0.39, 0.29) is 7.12 Å². The SMILES string of the molecule is C1=CC(B2O[C@H]3CCCC[C@@H]3O2)=CC1. The van der Waals surface area contributed by atoms with E-state index < -0.39 is 0 Å². The van der Waals surface area contributed by atoms with E-state index in [1.54, 1.807) is 0 Å². The van der Waals surface area contributed by atoms with E-state index in [1.165, 1.54) is 31.2 Å². The zero-order chi connectivity index (χ0) is 9.38. The Bertz CT molecular complexity index is 271. The third-order valence-electron chi connectivity index (χ3n) is 3.31. The molecule has 1 heterocycles. The highest BCUT2D eigenvalue weighted by Crippen LogP contribution is 2.32. The summed E-state index contributed by atoms with van der Waals surface area (Å²) in [5.41, 5.74) is 1.22. The molecule has 2 aliphatic carbocycles. The van der Waals surface area contributed by atoms with Gasteiger partial charge in [0.25, 0.3) is 0 Å². The van der Waals surface area contributed by atoms with Gasteiger partial charge in [-0.25, -0.2) is 0 Å². The van der Waals surface area contributed by atoms with Crippen molar-refractivity contribution in [3.8, 4) is 0 Å². The average Bonchev–Trinajstić information content (AvgIpc) is 2.86.